The number of ether oxygens (including phenoxy) is 2. The molecule has 3 rings (SSSR count). The van der Waals surface area contributed by atoms with Crippen molar-refractivity contribution in [3.8, 4) is 11.5 Å². The fourth-order valence-corrected chi connectivity index (χ4v) is 3.74. The van der Waals surface area contributed by atoms with Gasteiger partial charge in [0.25, 0.3) is 5.91 Å². The maximum absolute atomic E-state index is 12.8. The van der Waals surface area contributed by atoms with E-state index in [1.54, 1.807) is 14.2 Å². The van der Waals surface area contributed by atoms with Gasteiger partial charge in [-0.2, -0.15) is 0 Å². The molecule has 0 N–H and O–H groups in total. The zero-order valence-electron chi connectivity index (χ0n) is 16.7. The lowest BCUT2D eigenvalue weighted by Gasteiger charge is -2.32. The molecule has 1 aliphatic heterocycles. The summed E-state index contributed by atoms with van der Waals surface area (Å²) < 4.78 is 10.7. The number of likely N-dealkylation sites (tertiary alicyclic amines) is 1. The molecule has 1 saturated heterocycles. The van der Waals surface area contributed by atoms with Crippen LogP contribution in [0.2, 0.25) is 0 Å². The highest BCUT2D eigenvalue weighted by molar-refractivity contribution is 5.94. The van der Waals surface area contributed by atoms with E-state index >= 15 is 0 Å². The van der Waals surface area contributed by atoms with E-state index in [9.17, 15) is 4.79 Å². The summed E-state index contributed by atoms with van der Waals surface area (Å²) >= 11 is 0. The second kappa shape index (κ2) is 8.47. The molecule has 0 atom stereocenters. The number of hydrogen-bond acceptors (Lipinski definition) is 3. The quantitative estimate of drug-likeness (QED) is 0.785. The van der Waals surface area contributed by atoms with E-state index in [0.717, 1.165) is 49.4 Å². The number of rotatable bonds is 5. The lowest BCUT2D eigenvalue weighted by atomic mass is 9.89. The molecule has 0 bridgehead atoms. The van der Waals surface area contributed by atoms with E-state index < -0.39 is 0 Å². The van der Waals surface area contributed by atoms with Crippen LogP contribution in [0.4, 0.5) is 0 Å². The van der Waals surface area contributed by atoms with Crippen LogP contribution >= 0.6 is 0 Å². The molecule has 1 amide bonds. The molecular weight excluding hydrogens is 338 g/mol. The van der Waals surface area contributed by atoms with Crippen LogP contribution in [0.5, 0.6) is 11.5 Å². The van der Waals surface area contributed by atoms with Gasteiger partial charge in [-0.25, -0.2) is 0 Å². The summed E-state index contributed by atoms with van der Waals surface area (Å²) in [6.45, 7) is 5.78. The number of nitrogens with zero attached hydrogens (tertiary/aromatic N) is 1. The number of benzene rings is 2. The monoisotopic (exact) mass is 367 g/mol. The number of hydrogen-bond donors (Lipinski definition) is 0. The van der Waals surface area contributed by atoms with E-state index in [1.807, 2.05) is 29.2 Å². The third-order valence-corrected chi connectivity index (χ3v) is 5.63. The van der Waals surface area contributed by atoms with E-state index in [4.69, 9.17) is 9.47 Å². The van der Waals surface area contributed by atoms with Crippen LogP contribution in [0.15, 0.2) is 36.4 Å². The smallest absolute Gasteiger partial charge is 0.253 e. The highest BCUT2D eigenvalue weighted by Crippen LogP contribution is 2.30. The first-order valence-electron chi connectivity index (χ1n) is 9.59. The second-order valence-corrected chi connectivity index (χ2v) is 7.43. The Balaban J connectivity index is 1.58. The number of aryl methyl sites for hydroxylation is 2. The third-order valence-electron chi connectivity index (χ3n) is 5.63. The molecule has 0 aromatic heterocycles. The van der Waals surface area contributed by atoms with Gasteiger partial charge in [0.2, 0.25) is 0 Å². The van der Waals surface area contributed by atoms with Crippen molar-refractivity contribution in [1.82, 2.24) is 4.90 Å². The van der Waals surface area contributed by atoms with Crippen molar-refractivity contribution in [2.24, 2.45) is 5.92 Å². The van der Waals surface area contributed by atoms with Crippen LogP contribution in [0, 0.1) is 19.8 Å². The minimum atomic E-state index is 0.155. The van der Waals surface area contributed by atoms with Gasteiger partial charge in [0.1, 0.15) is 0 Å². The average molecular weight is 367 g/mol. The number of carbonyl (C=O) groups is 1. The lowest BCUT2D eigenvalue weighted by molar-refractivity contribution is 0.0690. The van der Waals surface area contributed by atoms with Gasteiger partial charge in [0.15, 0.2) is 11.5 Å². The Labute approximate surface area is 162 Å². The molecule has 144 valence electrons. The zero-order valence-corrected chi connectivity index (χ0v) is 16.7. The van der Waals surface area contributed by atoms with Crippen molar-refractivity contribution in [2.45, 2.75) is 33.1 Å². The number of carbonyl (C=O) groups excluding carboxylic acids is 1. The van der Waals surface area contributed by atoms with Gasteiger partial charge in [-0.15, -0.1) is 0 Å². The first-order chi connectivity index (χ1) is 13.0. The molecule has 0 aliphatic carbocycles. The summed E-state index contributed by atoms with van der Waals surface area (Å²) in [6, 6.07) is 12.1. The van der Waals surface area contributed by atoms with Crippen LogP contribution in [0.25, 0.3) is 0 Å². The first-order valence-corrected chi connectivity index (χ1v) is 9.59. The summed E-state index contributed by atoms with van der Waals surface area (Å²) in [5.41, 5.74) is 4.45. The summed E-state index contributed by atoms with van der Waals surface area (Å²) in [7, 11) is 3.32. The standard InChI is InChI=1S/C23H29NO3/c1-16-5-7-20(13-17(16)2)23(25)24-11-9-18(10-12-24)14-19-6-8-21(26-3)22(15-19)27-4/h5-8,13,15,18H,9-12,14H2,1-4H3. The molecule has 0 unspecified atom stereocenters. The summed E-state index contributed by atoms with van der Waals surface area (Å²) in [5, 5.41) is 0. The molecular formula is C23H29NO3. The normalized spacial score (nSPS) is 14.9. The Bertz CT molecular complexity index is 807. The second-order valence-electron chi connectivity index (χ2n) is 7.43. The highest BCUT2D eigenvalue weighted by atomic mass is 16.5. The predicted octanol–water partition coefficient (Wildman–Crippen LogP) is 4.42. The Morgan fingerprint density at radius 1 is 0.963 bits per heavy atom. The Morgan fingerprint density at radius 2 is 1.67 bits per heavy atom. The molecule has 1 fully saturated rings. The van der Waals surface area contributed by atoms with E-state index in [1.165, 1.54) is 16.7 Å². The number of methoxy groups -OCH3 is 2. The van der Waals surface area contributed by atoms with Crippen molar-refractivity contribution in [2.75, 3.05) is 27.3 Å². The molecule has 0 radical (unpaired) electrons. The molecule has 27 heavy (non-hydrogen) atoms. The molecule has 2 aromatic carbocycles. The Hall–Kier alpha value is -2.49. The largest absolute Gasteiger partial charge is 0.493 e. The number of piperidine rings is 1. The van der Waals surface area contributed by atoms with Crippen molar-refractivity contribution < 1.29 is 14.3 Å². The van der Waals surface area contributed by atoms with Gasteiger partial charge < -0.3 is 14.4 Å². The average Bonchev–Trinajstić information content (AvgIpc) is 2.70. The third kappa shape index (κ3) is 4.44. The van der Waals surface area contributed by atoms with Crippen LogP contribution in [0.1, 0.15) is 39.9 Å². The Kier molecular flexibility index (Phi) is 6.04. The molecule has 4 nitrogen and oxygen atoms in total. The van der Waals surface area contributed by atoms with E-state index in [2.05, 4.69) is 26.0 Å². The zero-order chi connectivity index (χ0) is 19.4. The fraction of sp³-hybridized carbons (Fsp3) is 0.435. The van der Waals surface area contributed by atoms with Crippen LogP contribution < -0.4 is 9.47 Å². The van der Waals surface area contributed by atoms with Gasteiger partial charge in [0.05, 0.1) is 14.2 Å². The summed E-state index contributed by atoms with van der Waals surface area (Å²) in [5.74, 6) is 2.28. The Morgan fingerprint density at radius 3 is 2.30 bits per heavy atom. The molecule has 1 heterocycles. The van der Waals surface area contributed by atoms with Gasteiger partial charge in [-0.05, 0) is 80.0 Å². The van der Waals surface area contributed by atoms with Crippen molar-refractivity contribution in [3.63, 3.8) is 0 Å². The summed E-state index contributed by atoms with van der Waals surface area (Å²) in [4.78, 5) is 14.8. The van der Waals surface area contributed by atoms with E-state index in [-0.39, 0.29) is 5.91 Å². The van der Waals surface area contributed by atoms with Gasteiger partial charge in [0, 0.05) is 18.7 Å². The van der Waals surface area contributed by atoms with Crippen LogP contribution in [-0.4, -0.2) is 38.1 Å². The topological polar surface area (TPSA) is 38.8 Å². The van der Waals surface area contributed by atoms with Crippen LogP contribution in [-0.2, 0) is 6.42 Å². The van der Waals surface area contributed by atoms with Crippen molar-refractivity contribution in [3.05, 3.63) is 58.7 Å². The van der Waals surface area contributed by atoms with Gasteiger partial charge >= 0.3 is 0 Å². The lowest BCUT2D eigenvalue weighted by Crippen LogP contribution is -2.38. The first kappa shape index (κ1) is 19.3. The van der Waals surface area contributed by atoms with Gasteiger partial charge in [-0.1, -0.05) is 12.1 Å². The molecule has 0 saturated carbocycles. The van der Waals surface area contributed by atoms with Crippen LogP contribution in [0.3, 0.4) is 0 Å². The van der Waals surface area contributed by atoms with Gasteiger partial charge in [-0.3, -0.25) is 4.79 Å². The molecule has 1 aliphatic rings. The van der Waals surface area contributed by atoms with E-state index in [0.29, 0.717) is 5.92 Å². The minimum Gasteiger partial charge on any atom is -0.493 e. The molecule has 2 aromatic rings. The molecule has 4 heteroatoms. The SMILES string of the molecule is COc1ccc(CC2CCN(C(=O)c3ccc(C)c(C)c3)CC2)cc1OC. The maximum atomic E-state index is 12.8. The molecule has 0 spiro atoms. The summed E-state index contributed by atoms with van der Waals surface area (Å²) in [6.07, 6.45) is 3.07. The fourth-order valence-electron chi connectivity index (χ4n) is 3.74. The highest BCUT2D eigenvalue weighted by Gasteiger charge is 2.24. The van der Waals surface area contributed by atoms with Crippen molar-refractivity contribution >= 4 is 5.91 Å². The minimum absolute atomic E-state index is 0.155. The predicted molar refractivity (Wildman–Crippen MR) is 108 cm³/mol. The maximum Gasteiger partial charge on any atom is 0.253 e. The number of amides is 1. The van der Waals surface area contributed by atoms with Crippen molar-refractivity contribution in [1.29, 1.82) is 0 Å².